The standard InChI is InChI=1S/C19H21NO4/c1-20-11-16(19(22)24-3)15(18(21)23-2)10-13-6-4-5-7-14(13)17(20)12-8-9-12/h4-7,10-12,17H,8-9H2,1-3H3/b15-10+,16-11+. The zero-order valence-corrected chi connectivity index (χ0v) is 14.1. The maximum atomic E-state index is 12.2. The Bertz CT molecular complexity index is 731. The molecule has 0 saturated heterocycles. The number of benzene rings is 1. The van der Waals surface area contributed by atoms with Crippen LogP contribution in [0.1, 0.15) is 30.0 Å². The lowest BCUT2D eigenvalue weighted by Gasteiger charge is -2.31. The van der Waals surface area contributed by atoms with Crippen LogP contribution in [0.5, 0.6) is 0 Å². The lowest BCUT2D eigenvalue weighted by molar-refractivity contribution is -0.139. The molecule has 0 bridgehead atoms. The number of methoxy groups -OCH3 is 2. The van der Waals surface area contributed by atoms with Crippen molar-refractivity contribution in [3.8, 4) is 0 Å². The number of nitrogens with zero attached hydrogens (tertiary/aromatic N) is 1. The molecular weight excluding hydrogens is 306 g/mol. The number of rotatable bonds is 3. The monoisotopic (exact) mass is 327 g/mol. The van der Waals surface area contributed by atoms with Gasteiger partial charge in [-0.15, -0.1) is 0 Å². The third kappa shape index (κ3) is 2.94. The minimum atomic E-state index is -0.556. The third-order valence-electron chi connectivity index (χ3n) is 4.56. The van der Waals surface area contributed by atoms with Crippen molar-refractivity contribution in [3.05, 3.63) is 52.7 Å². The summed E-state index contributed by atoms with van der Waals surface area (Å²) >= 11 is 0. The average molecular weight is 327 g/mol. The fourth-order valence-corrected chi connectivity index (χ4v) is 3.27. The molecule has 1 aliphatic carbocycles. The number of hydrogen-bond donors (Lipinski definition) is 0. The Balaban J connectivity index is 2.21. The molecule has 1 aromatic carbocycles. The average Bonchev–Trinajstić information content (AvgIpc) is 3.41. The summed E-state index contributed by atoms with van der Waals surface area (Å²) in [7, 11) is 4.55. The van der Waals surface area contributed by atoms with Crippen LogP contribution in [-0.2, 0) is 19.1 Å². The first kappa shape index (κ1) is 16.3. The Morgan fingerprint density at radius 1 is 1.04 bits per heavy atom. The zero-order valence-electron chi connectivity index (χ0n) is 14.1. The van der Waals surface area contributed by atoms with Gasteiger partial charge in [-0.3, -0.25) is 0 Å². The van der Waals surface area contributed by atoms with Gasteiger partial charge in [-0.25, -0.2) is 9.59 Å². The van der Waals surface area contributed by atoms with E-state index in [1.807, 2.05) is 30.1 Å². The smallest absolute Gasteiger partial charge is 0.340 e. The van der Waals surface area contributed by atoms with Crippen molar-refractivity contribution in [1.82, 2.24) is 4.90 Å². The summed E-state index contributed by atoms with van der Waals surface area (Å²) in [6.45, 7) is 0. The Morgan fingerprint density at radius 2 is 1.67 bits per heavy atom. The van der Waals surface area contributed by atoms with Crippen molar-refractivity contribution in [2.24, 2.45) is 5.92 Å². The zero-order chi connectivity index (χ0) is 17.3. The summed E-state index contributed by atoms with van der Waals surface area (Å²) in [5, 5.41) is 0. The Morgan fingerprint density at radius 3 is 2.29 bits per heavy atom. The molecule has 1 atom stereocenters. The fraction of sp³-hybridized carbons (Fsp3) is 0.368. The van der Waals surface area contributed by atoms with E-state index in [-0.39, 0.29) is 17.2 Å². The largest absolute Gasteiger partial charge is 0.465 e. The fourth-order valence-electron chi connectivity index (χ4n) is 3.27. The Hall–Kier alpha value is -2.56. The number of esters is 2. The number of carbonyl (C=O) groups is 2. The number of ether oxygens (including phenoxy) is 2. The lowest BCUT2D eigenvalue weighted by atomic mass is 9.91. The van der Waals surface area contributed by atoms with Crippen molar-refractivity contribution in [3.63, 3.8) is 0 Å². The van der Waals surface area contributed by atoms with Crippen LogP contribution in [0.15, 0.2) is 41.6 Å². The molecule has 1 unspecified atom stereocenters. The summed E-state index contributed by atoms with van der Waals surface area (Å²) in [4.78, 5) is 26.5. The molecule has 0 amide bonds. The highest BCUT2D eigenvalue weighted by Crippen LogP contribution is 2.46. The highest BCUT2D eigenvalue weighted by Gasteiger charge is 2.37. The quantitative estimate of drug-likeness (QED) is 0.799. The molecule has 3 rings (SSSR count). The SMILES string of the molecule is COC(=O)C1=C/c2ccccc2C(C2CC2)N(C)/C=C\1C(=O)OC. The van der Waals surface area contributed by atoms with E-state index in [4.69, 9.17) is 9.47 Å². The topological polar surface area (TPSA) is 55.8 Å². The van der Waals surface area contributed by atoms with Crippen molar-refractivity contribution in [1.29, 1.82) is 0 Å². The van der Waals surface area contributed by atoms with E-state index in [0.717, 1.165) is 24.0 Å². The Kier molecular flexibility index (Phi) is 4.42. The number of carbonyl (C=O) groups excluding carboxylic acids is 2. The van der Waals surface area contributed by atoms with Crippen LogP contribution in [-0.4, -0.2) is 38.1 Å². The maximum absolute atomic E-state index is 12.2. The van der Waals surface area contributed by atoms with Crippen LogP contribution in [0.4, 0.5) is 0 Å². The number of hydrogen-bond acceptors (Lipinski definition) is 5. The maximum Gasteiger partial charge on any atom is 0.340 e. The third-order valence-corrected chi connectivity index (χ3v) is 4.56. The first-order chi connectivity index (χ1) is 11.6. The van der Waals surface area contributed by atoms with Gasteiger partial charge in [-0.2, -0.15) is 0 Å². The van der Waals surface area contributed by atoms with E-state index < -0.39 is 11.9 Å². The van der Waals surface area contributed by atoms with Crippen molar-refractivity contribution in [2.45, 2.75) is 18.9 Å². The van der Waals surface area contributed by atoms with Crippen LogP contribution in [0, 0.1) is 5.92 Å². The second-order valence-electron chi connectivity index (χ2n) is 6.16. The molecule has 126 valence electrons. The van der Waals surface area contributed by atoms with Gasteiger partial charge in [0.1, 0.15) is 0 Å². The molecule has 1 aliphatic heterocycles. The summed E-state index contributed by atoms with van der Waals surface area (Å²) in [5.74, 6) is -0.550. The van der Waals surface area contributed by atoms with Gasteiger partial charge in [-0.05, 0) is 36.0 Å². The molecular formula is C19H21NO4. The molecule has 0 radical (unpaired) electrons. The minimum absolute atomic E-state index is 0.177. The number of fused-ring (bicyclic) bond motifs is 1. The van der Waals surface area contributed by atoms with Gasteiger partial charge in [0.05, 0.1) is 31.4 Å². The molecule has 24 heavy (non-hydrogen) atoms. The Labute approximate surface area is 141 Å². The molecule has 1 fully saturated rings. The van der Waals surface area contributed by atoms with Gasteiger partial charge >= 0.3 is 11.9 Å². The lowest BCUT2D eigenvalue weighted by Crippen LogP contribution is -2.26. The van der Waals surface area contributed by atoms with Crippen molar-refractivity contribution >= 4 is 18.0 Å². The first-order valence-corrected chi connectivity index (χ1v) is 7.98. The van der Waals surface area contributed by atoms with Gasteiger partial charge in [-0.1, -0.05) is 24.3 Å². The molecule has 2 aliphatic rings. The summed E-state index contributed by atoms with van der Waals surface area (Å²) in [6, 6.07) is 8.15. The van der Waals surface area contributed by atoms with Gasteiger partial charge < -0.3 is 14.4 Å². The van der Waals surface area contributed by atoms with E-state index in [9.17, 15) is 9.59 Å². The molecule has 0 spiro atoms. The van der Waals surface area contributed by atoms with Crippen LogP contribution in [0.25, 0.3) is 6.08 Å². The molecule has 1 aromatic rings. The highest BCUT2D eigenvalue weighted by molar-refractivity contribution is 6.10. The van der Waals surface area contributed by atoms with Gasteiger partial charge in [0.15, 0.2) is 0 Å². The van der Waals surface area contributed by atoms with Crippen molar-refractivity contribution in [2.75, 3.05) is 21.3 Å². The predicted molar refractivity (Wildman–Crippen MR) is 89.8 cm³/mol. The second kappa shape index (κ2) is 6.51. The molecule has 0 aromatic heterocycles. The predicted octanol–water partition coefficient (Wildman–Crippen LogP) is 2.70. The van der Waals surface area contributed by atoms with Crippen LogP contribution in [0.3, 0.4) is 0 Å². The van der Waals surface area contributed by atoms with E-state index in [1.165, 1.54) is 14.2 Å². The summed E-state index contributed by atoms with van der Waals surface area (Å²) in [6.07, 6.45) is 5.76. The highest BCUT2D eigenvalue weighted by atomic mass is 16.5. The summed E-state index contributed by atoms with van der Waals surface area (Å²) in [5.41, 5.74) is 2.50. The second-order valence-corrected chi connectivity index (χ2v) is 6.16. The van der Waals surface area contributed by atoms with Crippen molar-refractivity contribution < 1.29 is 19.1 Å². The van der Waals surface area contributed by atoms with Gasteiger partial charge in [0, 0.05) is 13.2 Å². The van der Waals surface area contributed by atoms with Gasteiger partial charge in [0.2, 0.25) is 0 Å². The van der Waals surface area contributed by atoms with Gasteiger partial charge in [0.25, 0.3) is 0 Å². The molecule has 5 nitrogen and oxygen atoms in total. The van der Waals surface area contributed by atoms with Crippen LogP contribution in [0.2, 0.25) is 0 Å². The van der Waals surface area contributed by atoms with Crippen LogP contribution >= 0.6 is 0 Å². The van der Waals surface area contributed by atoms with E-state index in [2.05, 4.69) is 6.07 Å². The van der Waals surface area contributed by atoms with E-state index in [1.54, 1.807) is 12.3 Å². The molecule has 0 N–H and O–H groups in total. The minimum Gasteiger partial charge on any atom is -0.465 e. The van der Waals surface area contributed by atoms with E-state index in [0.29, 0.717) is 5.92 Å². The normalized spacial score (nSPS) is 24.5. The van der Waals surface area contributed by atoms with E-state index >= 15 is 0 Å². The molecule has 1 heterocycles. The summed E-state index contributed by atoms with van der Waals surface area (Å²) < 4.78 is 9.75. The molecule has 5 heteroatoms. The molecule has 1 saturated carbocycles. The first-order valence-electron chi connectivity index (χ1n) is 7.98. The van der Waals surface area contributed by atoms with Crippen LogP contribution < -0.4 is 0 Å².